The number of halogens is 2. The first-order valence-electron chi connectivity index (χ1n) is 7.28. The van der Waals surface area contributed by atoms with E-state index in [4.69, 9.17) is 0 Å². The van der Waals surface area contributed by atoms with Crippen LogP contribution in [0.2, 0.25) is 0 Å². The Hall–Kier alpha value is -3.02. The number of pyridine rings is 1. The standard InChI is InChI=1S/C18H14F2N2O2/c1-22-10-14(17(23)13-3-2-4-15(20)16(13)22)18(24)21-9-11-5-7-12(19)8-6-11/h2-8,10H,9H2,1H3,(H,21,24). The van der Waals surface area contributed by atoms with Crippen LogP contribution in [0.4, 0.5) is 8.78 Å². The Morgan fingerprint density at radius 3 is 2.54 bits per heavy atom. The predicted molar refractivity (Wildman–Crippen MR) is 86.7 cm³/mol. The van der Waals surface area contributed by atoms with Crippen molar-refractivity contribution in [2.24, 2.45) is 7.05 Å². The third-order valence-electron chi connectivity index (χ3n) is 3.76. The lowest BCUT2D eigenvalue weighted by molar-refractivity contribution is 0.0949. The Morgan fingerprint density at radius 2 is 1.83 bits per heavy atom. The fourth-order valence-corrected chi connectivity index (χ4v) is 2.56. The molecule has 1 N–H and O–H groups in total. The molecule has 3 rings (SSSR count). The number of nitrogens with one attached hydrogen (secondary N) is 1. The number of amides is 1. The van der Waals surface area contributed by atoms with Gasteiger partial charge in [-0.1, -0.05) is 18.2 Å². The number of carbonyl (C=O) groups excluding carboxylic acids is 1. The lowest BCUT2D eigenvalue weighted by Crippen LogP contribution is -2.29. The molecule has 0 atom stereocenters. The van der Waals surface area contributed by atoms with E-state index in [0.717, 1.165) is 0 Å². The summed E-state index contributed by atoms with van der Waals surface area (Å²) in [6.07, 6.45) is 1.31. The van der Waals surface area contributed by atoms with Gasteiger partial charge in [0.05, 0.1) is 5.52 Å². The van der Waals surface area contributed by atoms with Gasteiger partial charge >= 0.3 is 0 Å². The quantitative estimate of drug-likeness (QED) is 0.804. The molecule has 4 nitrogen and oxygen atoms in total. The van der Waals surface area contributed by atoms with Crippen LogP contribution in [0.3, 0.4) is 0 Å². The molecule has 0 aliphatic heterocycles. The van der Waals surface area contributed by atoms with Crippen molar-refractivity contribution in [2.45, 2.75) is 6.54 Å². The predicted octanol–water partition coefficient (Wildman–Crippen LogP) is 2.75. The van der Waals surface area contributed by atoms with Gasteiger partial charge in [0.25, 0.3) is 5.91 Å². The first-order chi connectivity index (χ1) is 11.5. The van der Waals surface area contributed by atoms with Crippen molar-refractivity contribution < 1.29 is 13.6 Å². The maximum absolute atomic E-state index is 13.9. The number of carbonyl (C=O) groups is 1. The van der Waals surface area contributed by atoms with Crippen LogP contribution >= 0.6 is 0 Å². The van der Waals surface area contributed by atoms with Crippen molar-refractivity contribution in [1.29, 1.82) is 0 Å². The summed E-state index contributed by atoms with van der Waals surface area (Å²) >= 11 is 0. The Balaban J connectivity index is 1.91. The Kier molecular flexibility index (Phi) is 4.12. The molecule has 0 saturated heterocycles. The molecule has 1 aromatic heterocycles. The van der Waals surface area contributed by atoms with Gasteiger partial charge in [-0.15, -0.1) is 0 Å². The highest BCUT2D eigenvalue weighted by molar-refractivity contribution is 5.97. The summed E-state index contributed by atoms with van der Waals surface area (Å²) in [7, 11) is 1.57. The minimum atomic E-state index is -0.564. The monoisotopic (exact) mass is 328 g/mol. The SMILES string of the molecule is Cn1cc(C(=O)NCc2ccc(F)cc2)c(=O)c2cccc(F)c21. The summed E-state index contributed by atoms with van der Waals surface area (Å²) in [6.45, 7) is 0.156. The van der Waals surface area contributed by atoms with Gasteiger partial charge in [0.2, 0.25) is 5.43 Å². The number of fused-ring (bicyclic) bond motifs is 1. The molecule has 0 unspecified atom stereocenters. The van der Waals surface area contributed by atoms with Gasteiger partial charge < -0.3 is 9.88 Å². The molecular weight excluding hydrogens is 314 g/mol. The fraction of sp³-hybridized carbons (Fsp3) is 0.111. The molecule has 0 aliphatic rings. The van der Waals surface area contributed by atoms with Crippen LogP contribution < -0.4 is 10.7 Å². The van der Waals surface area contributed by atoms with Crippen molar-refractivity contribution in [3.8, 4) is 0 Å². The number of rotatable bonds is 3. The minimum absolute atomic E-state index is 0.0716. The molecule has 1 heterocycles. The lowest BCUT2D eigenvalue weighted by atomic mass is 10.1. The summed E-state index contributed by atoms with van der Waals surface area (Å²) in [6, 6.07) is 9.85. The lowest BCUT2D eigenvalue weighted by Gasteiger charge is -2.10. The van der Waals surface area contributed by atoms with Gasteiger partial charge in [0.15, 0.2) is 0 Å². The van der Waals surface area contributed by atoms with Crippen LogP contribution in [0.25, 0.3) is 10.9 Å². The van der Waals surface area contributed by atoms with Crippen molar-refractivity contribution in [1.82, 2.24) is 9.88 Å². The molecule has 1 amide bonds. The van der Waals surface area contributed by atoms with E-state index in [9.17, 15) is 18.4 Å². The second-order valence-corrected chi connectivity index (χ2v) is 5.43. The molecule has 0 spiro atoms. The first-order valence-corrected chi connectivity index (χ1v) is 7.28. The summed E-state index contributed by atoms with van der Waals surface area (Å²) in [5.41, 5.74) is 0.253. The average Bonchev–Trinajstić information content (AvgIpc) is 2.57. The summed E-state index contributed by atoms with van der Waals surface area (Å²) in [4.78, 5) is 24.7. The van der Waals surface area contributed by atoms with Gasteiger partial charge in [0.1, 0.15) is 17.2 Å². The van der Waals surface area contributed by atoms with Crippen molar-refractivity contribution in [3.05, 3.63) is 81.6 Å². The molecule has 24 heavy (non-hydrogen) atoms. The molecule has 2 aromatic carbocycles. The average molecular weight is 328 g/mol. The number of hydrogen-bond donors (Lipinski definition) is 1. The maximum Gasteiger partial charge on any atom is 0.257 e. The molecule has 0 aliphatic carbocycles. The third kappa shape index (κ3) is 2.90. The number of benzene rings is 2. The normalized spacial score (nSPS) is 10.8. The molecule has 6 heteroatoms. The number of aromatic nitrogens is 1. The van der Waals surface area contributed by atoms with E-state index in [-0.39, 0.29) is 28.8 Å². The van der Waals surface area contributed by atoms with E-state index in [1.807, 2.05) is 0 Å². The van der Waals surface area contributed by atoms with Gasteiger partial charge in [-0.3, -0.25) is 9.59 Å². The second-order valence-electron chi connectivity index (χ2n) is 5.43. The maximum atomic E-state index is 13.9. The molecule has 0 bridgehead atoms. The highest BCUT2D eigenvalue weighted by Crippen LogP contribution is 2.14. The van der Waals surface area contributed by atoms with Crippen molar-refractivity contribution in [2.75, 3.05) is 0 Å². The van der Waals surface area contributed by atoms with E-state index in [1.165, 1.54) is 41.1 Å². The zero-order chi connectivity index (χ0) is 17.3. The zero-order valence-corrected chi connectivity index (χ0v) is 12.8. The van der Waals surface area contributed by atoms with Crippen molar-refractivity contribution >= 4 is 16.8 Å². The highest BCUT2D eigenvalue weighted by Gasteiger charge is 2.16. The molecule has 0 radical (unpaired) electrons. The summed E-state index contributed by atoms with van der Waals surface area (Å²) in [5.74, 6) is -1.45. The number of hydrogen-bond acceptors (Lipinski definition) is 2. The number of aryl methyl sites for hydroxylation is 1. The van der Waals surface area contributed by atoms with Crippen LogP contribution in [0.15, 0.2) is 53.5 Å². The van der Waals surface area contributed by atoms with Crippen LogP contribution in [0.1, 0.15) is 15.9 Å². The van der Waals surface area contributed by atoms with E-state index in [2.05, 4.69) is 5.32 Å². The molecule has 0 fully saturated rings. The summed E-state index contributed by atoms with van der Waals surface area (Å²) < 4.78 is 28.2. The van der Waals surface area contributed by atoms with Gasteiger partial charge in [-0.25, -0.2) is 8.78 Å². The topological polar surface area (TPSA) is 51.1 Å². The van der Waals surface area contributed by atoms with Gasteiger partial charge in [0, 0.05) is 25.2 Å². The van der Waals surface area contributed by atoms with Gasteiger partial charge in [-0.2, -0.15) is 0 Å². The van der Waals surface area contributed by atoms with Crippen LogP contribution in [-0.4, -0.2) is 10.5 Å². The van der Waals surface area contributed by atoms with Crippen LogP contribution in [0.5, 0.6) is 0 Å². The number of para-hydroxylation sites is 1. The van der Waals surface area contributed by atoms with Crippen LogP contribution in [-0.2, 0) is 13.6 Å². The largest absolute Gasteiger partial charge is 0.348 e. The molecular formula is C18H14F2N2O2. The first kappa shape index (κ1) is 15.9. The Labute approximate surface area is 136 Å². The van der Waals surface area contributed by atoms with E-state index < -0.39 is 17.2 Å². The third-order valence-corrected chi connectivity index (χ3v) is 3.76. The fourth-order valence-electron chi connectivity index (χ4n) is 2.56. The minimum Gasteiger partial charge on any atom is -0.348 e. The van der Waals surface area contributed by atoms with Crippen LogP contribution in [0, 0.1) is 11.6 Å². The second kappa shape index (κ2) is 6.23. The molecule has 0 saturated carbocycles. The number of nitrogens with zero attached hydrogens (tertiary/aromatic N) is 1. The van der Waals surface area contributed by atoms with E-state index in [0.29, 0.717) is 5.56 Å². The van der Waals surface area contributed by atoms with Gasteiger partial charge in [-0.05, 0) is 29.8 Å². The Bertz CT molecular complexity index is 979. The highest BCUT2D eigenvalue weighted by atomic mass is 19.1. The summed E-state index contributed by atoms with van der Waals surface area (Å²) in [5, 5.41) is 2.76. The zero-order valence-electron chi connectivity index (χ0n) is 12.8. The smallest absolute Gasteiger partial charge is 0.257 e. The van der Waals surface area contributed by atoms with E-state index >= 15 is 0 Å². The van der Waals surface area contributed by atoms with Crippen molar-refractivity contribution in [3.63, 3.8) is 0 Å². The van der Waals surface area contributed by atoms with E-state index in [1.54, 1.807) is 19.2 Å². The molecule has 3 aromatic rings. The molecule has 122 valence electrons. The Morgan fingerprint density at radius 1 is 1.12 bits per heavy atom.